The van der Waals surface area contributed by atoms with E-state index in [1.54, 1.807) is 22.5 Å². The van der Waals surface area contributed by atoms with E-state index < -0.39 is 10.0 Å². The summed E-state index contributed by atoms with van der Waals surface area (Å²) in [4.78, 5) is 0.309. The van der Waals surface area contributed by atoms with Gasteiger partial charge in [0.1, 0.15) is 0 Å². The van der Waals surface area contributed by atoms with Crippen LogP contribution >= 0.6 is 27.5 Å². The van der Waals surface area contributed by atoms with Crippen molar-refractivity contribution in [2.75, 3.05) is 13.1 Å². The van der Waals surface area contributed by atoms with Gasteiger partial charge < -0.3 is 0 Å². The predicted molar refractivity (Wildman–Crippen MR) is 85.5 cm³/mol. The molecule has 0 saturated carbocycles. The second-order valence-electron chi connectivity index (χ2n) is 5.19. The highest BCUT2D eigenvalue weighted by Gasteiger charge is 2.27. The van der Waals surface area contributed by atoms with E-state index >= 15 is 0 Å². The molecule has 0 bridgehead atoms. The second-order valence-corrected chi connectivity index (χ2v) is 8.38. The minimum atomic E-state index is -3.41. The summed E-state index contributed by atoms with van der Waals surface area (Å²) in [6, 6.07) is 4.77. The maximum absolute atomic E-state index is 12.7. The van der Waals surface area contributed by atoms with Gasteiger partial charge in [-0.1, -0.05) is 24.9 Å². The molecular weight excluding hydrogens is 362 g/mol. The topological polar surface area (TPSA) is 37.4 Å². The molecule has 1 aliphatic heterocycles. The second kappa shape index (κ2) is 6.77. The van der Waals surface area contributed by atoms with Gasteiger partial charge in [0.05, 0.1) is 9.92 Å². The highest BCUT2D eigenvalue weighted by molar-refractivity contribution is 9.10. The van der Waals surface area contributed by atoms with Gasteiger partial charge in [0, 0.05) is 17.6 Å². The summed E-state index contributed by atoms with van der Waals surface area (Å²) >= 11 is 9.21. The van der Waals surface area contributed by atoms with E-state index in [0.29, 0.717) is 33.4 Å². The van der Waals surface area contributed by atoms with Crippen molar-refractivity contribution in [1.82, 2.24) is 4.31 Å². The fraction of sp³-hybridized carbons (Fsp3) is 0.571. The summed E-state index contributed by atoms with van der Waals surface area (Å²) in [5.41, 5.74) is 0. The molecule has 0 N–H and O–H groups in total. The lowest BCUT2D eigenvalue weighted by molar-refractivity contribution is 0.407. The van der Waals surface area contributed by atoms with Gasteiger partial charge in [-0.25, -0.2) is 8.42 Å². The standard InChI is InChI=1S/C14H19BrClNO2S/c1-2-11-4-3-8-17(9-7-11)20(18,19)12-5-6-14(16)13(15)10-12/h5-6,10-11H,2-4,7-9H2,1H3. The Balaban J connectivity index is 2.23. The Hall–Kier alpha value is -0.100. The number of hydrogen-bond donors (Lipinski definition) is 0. The normalized spacial score (nSPS) is 21.6. The molecule has 2 rings (SSSR count). The number of rotatable bonds is 3. The van der Waals surface area contributed by atoms with Gasteiger partial charge in [-0.05, 0) is 59.3 Å². The summed E-state index contributed by atoms with van der Waals surface area (Å²) in [5.74, 6) is 0.646. The molecular formula is C14H19BrClNO2S. The van der Waals surface area contributed by atoms with Crippen LogP contribution in [0.3, 0.4) is 0 Å². The number of halogens is 2. The molecule has 1 saturated heterocycles. The quantitative estimate of drug-likeness (QED) is 0.784. The summed E-state index contributed by atoms with van der Waals surface area (Å²) in [6.07, 6.45) is 4.13. The van der Waals surface area contributed by atoms with Crippen LogP contribution in [0.1, 0.15) is 32.6 Å². The molecule has 1 aromatic rings. The molecule has 1 fully saturated rings. The zero-order valence-corrected chi connectivity index (χ0v) is 14.6. The molecule has 0 spiro atoms. The molecule has 6 heteroatoms. The first-order chi connectivity index (χ1) is 9.45. The van der Waals surface area contributed by atoms with E-state index in [1.165, 1.54) is 0 Å². The fourth-order valence-corrected chi connectivity index (χ4v) is 4.74. The van der Waals surface area contributed by atoms with Crippen LogP contribution in [0.5, 0.6) is 0 Å². The summed E-state index contributed by atoms with van der Waals surface area (Å²) in [6.45, 7) is 3.39. The number of hydrogen-bond acceptors (Lipinski definition) is 2. The van der Waals surface area contributed by atoms with Crippen LogP contribution in [0.2, 0.25) is 5.02 Å². The molecule has 1 atom stereocenters. The van der Waals surface area contributed by atoms with Crippen molar-refractivity contribution >= 4 is 37.6 Å². The zero-order chi connectivity index (χ0) is 14.8. The summed E-state index contributed by atoms with van der Waals surface area (Å²) in [7, 11) is -3.41. The summed E-state index contributed by atoms with van der Waals surface area (Å²) in [5, 5.41) is 0.519. The maximum Gasteiger partial charge on any atom is 0.243 e. The third-order valence-corrected chi connectivity index (χ3v) is 7.02. The van der Waals surface area contributed by atoms with E-state index in [1.807, 2.05) is 0 Å². The monoisotopic (exact) mass is 379 g/mol. The smallest absolute Gasteiger partial charge is 0.207 e. The van der Waals surface area contributed by atoms with Gasteiger partial charge in [-0.3, -0.25) is 0 Å². The van der Waals surface area contributed by atoms with Crippen molar-refractivity contribution in [2.45, 2.75) is 37.5 Å². The minimum Gasteiger partial charge on any atom is -0.207 e. The van der Waals surface area contributed by atoms with Crippen molar-refractivity contribution in [3.05, 3.63) is 27.7 Å². The van der Waals surface area contributed by atoms with Gasteiger partial charge in [0.2, 0.25) is 10.0 Å². The molecule has 0 radical (unpaired) electrons. The molecule has 1 aliphatic rings. The van der Waals surface area contributed by atoms with E-state index in [0.717, 1.165) is 25.7 Å². The third-order valence-electron chi connectivity index (χ3n) is 3.91. The van der Waals surface area contributed by atoms with Crippen LogP contribution < -0.4 is 0 Å². The van der Waals surface area contributed by atoms with Crippen molar-refractivity contribution < 1.29 is 8.42 Å². The molecule has 0 amide bonds. The Bertz CT molecular complexity index is 577. The van der Waals surface area contributed by atoms with Crippen LogP contribution in [0.25, 0.3) is 0 Å². The highest BCUT2D eigenvalue weighted by atomic mass is 79.9. The predicted octanol–water partition coefficient (Wildman–Crippen LogP) is 4.30. The molecule has 1 unspecified atom stereocenters. The van der Waals surface area contributed by atoms with Crippen molar-refractivity contribution in [1.29, 1.82) is 0 Å². The van der Waals surface area contributed by atoms with Gasteiger partial charge in [-0.15, -0.1) is 0 Å². The number of nitrogens with zero attached hydrogens (tertiary/aromatic N) is 1. The highest BCUT2D eigenvalue weighted by Crippen LogP contribution is 2.29. The average Bonchev–Trinajstić information content (AvgIpc) is 2.67. The Labute approximate surface area is 134 Å². The molecule has 1 aromatic carbocycles. The Kier molecular flexibility index (Phi) is 5.51. The maximum atomic E-state index is 12.7. The minimum absolute atomic E-state index is 0.309. The van der Waals surface area contributed by atoms with Crippen LogP contribution in [-0.2, 0) is 10.0 Å². The van der Waals surface area contributed by atoms with Crippen LogP contribution in [0.4, 0.5) is 0 Å². The van der Waals surface area contributed by atoms with Crippen molar-refractivity contribution in [3.63, 3.8) is 0 Å². The first-order valence-corrected chi connectivity index (χ1v) is 9.51. The largest absolute Gasteiger partial charge is 0.243 e. The fourth-order valence-electron chi connectivity index (χ4n) is 2.57. The Morgan fingerprint density at radius 1 is 1.35 bits per heavy atom. The van der Waals surface area contributed by atoms with Crippen molar-refractivity contribution in [3.8, 4) is 0 Å². The van der Waals surface area contributed by atoms with Crippen LogP contribution in [-0.4, -0.2) is 25.8 Å². The SMILES string of the molecule is CCC1CCCN(S(=O)(=O)c2ccc(Cl)c(Br)c2)CC1. The van der Waals surface area contributed by atoms with Crippen molar-refractivity contribution in [2.24, 2.45) is 5.92 Å². The first kappa shape index (κ1) is 16.3. The van der Waals surface area contributed by atoms with Crippen LogP contribution in [0, 0.1) is 5.92 Å². The average molecular weight is 381 g/mol. The molecule has 0 aliphatic carbocycles. The van der Waals surface area contributed by atoms with E-state index in [2.05, 4.69) is 22.9 Å². The van der Waals surface area contributed by atoms with Crippen LogP contribution in [0.15, 0.2) is 27.6 Å². The number of benzene rings is 1. The third kappa shape index (κ3) is 3.56. The van der Waals surface area contributed by atoms with E-state index in [-0.39, 0.29) is 0 Å². The van der Waals surface area contributed by atoms with Gasteiger partial charge in [0.15, 0.2) is 0 Å². The lowest BCUT2D eigenvalue weighted by Crippen LogP contribution is -2.32. The van der Waals surface area contributed by atoms with E-state index in [9.17, 15) is 8.42 Å². The van der Waals surface area contributed by atoms with E-state index in [4.69, 9.17) is 11.6 Å². The Morgan fingerprint density at radius 2 is 2.10 bits per heavy atom. The molecule has 112 valence electrons. The molecule has 1 heterocycles. The van der Waals surface area contributed by atoms with Gasteiger partial charge in [-0.2, -0.15) is 4.31 Å². The lowest BCUT2D eigenvalue weighted by atomic mass is 9.98. The molecule has 20 heavy (non-hydrogen) atoms. The molecule has 0 aromatic heterocycles. The summed E-state index contributed by atoms with van der Waals surface area (Å²) < 4.78 is 27.5. The van der Waals surface area contributed by atoms with Gasteiger partial charge >= 0.3 is 0 Å². The Morgan fingerprint density at radius 3 is 2.75 bits per heavy atom. The number of sulfonamides is 1. The first-order valence-electron chi connectivity index (χ1n) is 6.90. The zero-order valence-electron chi connectivity index (χ0n) is 11.5. The van der Waals surface area contributed by atoms with Gasteiger partial charge in [0.25, 0.3) is 0 Å². The lowest BCUT2D eigenvalue weighted by Gasteiger charge is -2.20. The molecule has 3 nitrogen and oxygen atoms in total.